The average molecular weight is 337 g/mol. The summed E-state index contributed by atoms with van der Waals surface area (Å²) in [5.41, 5.74) is 1.18. The van der Waals surface area contributed by atoms with Crippen LogP contribution in [0.3, 0.4) is 0 Å². The van der Waals surface area contributed by atoms with Gasteiger partial charge in [-0.3, -0.25) is 4.79 Å². The maximum Gasteiger partial charge on any atom is 0.309 e. The number of nitrogens with one attached hydrogen (secondary N) is 1. The molecule has 0 aliphatic carbocycles. The third-order valence-corrected chi connectivity index (χ3v) is 3.58. The molecule has 1 aromatic carbocycles. The summed E-state index contributed by atoms with van der Waals surface area (Å²) >= 11 is 0. The molecule has 0 saturated carbocycles. The quantitative estimate of drug-likeness (QED) is 0.469. The Balaban J connectivity index is 2.53. The standard InChI is InChI=1S/C19H31NO4/c1-5-11-23-17-8-7-16(13-18(17)24-12-6-2)9-10-20-14-15(3)19(21)22-4/h7-8,13,15,20H,5-6,9-12,14H2,1-4H3. The van der Waals surface area contributed by atoms with Crippen molar-refractivity contribution in [1.82, 2.24) is 5.32 Å². The van der Waals surface area contributed by atoms with Crippen LogP contribution in [0.4, 0.5) is 0 Å². The monoisotopic (exact) mass is 337 g/mol. The second-order valence-corrected chi connectivity index (χ2v) is 5.86. The van der Waals surface area contributed by atoms with Crippen molar-refractivity contribution in [1.29, 1.82) is 0 Å². The summed E-state index contributed by atoms with van der Waals surface area (Å²) in [6.07, 6.45) is 2.80. The summed E-state index contributed by atoms with van der Waals surface area (Å²) < 4.78 is 16.3. The number of rotatable bonds is 12. The molecule has 0 fully saturated rings. The van der Waals surface area contributed by atoms with Crippen molar-refractivity contribution in [3.05, 3.63) is 23.8 Å². The SMILES string of the molecule is CCCOc1ccc(CCNCC(C)C(=O)OC)cc1OCCC. The van der Waals surface area contributed by atoms with Crippen LogP contribution in [0, 0.1) is 5.92 Å². The Morgan fingerprint density at radius 2 is 1.79 bits per heavy atom. The fraction of sp³-hybridized carbons (Fsp3) is 0.632. The molecule has 0 aromatic heterocycles. The fourth-order valence-electron chi connectivity index (χ4n) is 2.20. The molecule has 136 valence electrons. The van der Waals surface area contributed by atoms with Gasteiger partial charge in [-0.1, -0.05) is 26.8 Å². The summed E-state index contributed by atoms with van der Waals surface area (Å²) in [7, 11) is 1.42. The molecule has 0 bridgehead atoms. The molecule has 1 N–H and O–H groups in total. The van der Waals surface area contributed by atoms with Gasteiger partial charge in [0, 0.05) is 6.54 Å². The molecule has 1 unspecified atom stereocenters. The summed E-state index contributed by atoms with van der Waals surface area (Å²) in [6.45, 7) is 8.81. The van der Waals surface area contributed by atoms with E-state index in [0.717, 1.165) is 37.3 Å². The Morgan fingerprint density at radius 1 is 1.12 bits per heavy atom. The van der Waals surface area contributed by atoms with Gasteiger partial charge in [-0.25, -0.2) is 0 Å². The lowest BCUT2D eigenvalue weighted by Gasteiger charge is -2.14. The molecule has 5 heteroatoms. The molecule has 0 saturated heterocycles. The van der Waals surface area contributed by atoms with Gasteiger partial charge in [0.2, 0.25) is 0 Å². The highest BCUT2D eigenvalue weighted by Gasteiger charge is 2.12. The number of hydrogen-bond acceptors (Lipinski definition) is 5. The van der Waals surface area contributed by atoms with Crippen LogP contribution in [-0.4, -0.2) is 39.4 Å². The lowest BCUT2D eigenvalue weighted by Crippen LogP contribution is -2.28. The first kappa shape index (κ1) is 20.3. The van der Waals surface area contributed by atoms with E-state index in [0.29, 0.717) is 19.8 Å². The predicted molar refractivity (Wildman–Crippen MR) is 95.8 cm³/mol. The molecule has 0 amide bonds. The van der Waals surface area contributed by atoms with Gasteiger partial charge in [0.1, 0.15) is 0 Å². The zero-order chi connectivity index (χ0) is 17.8. The van der Waals surface area contributed by atoms with E-state index in [1.54, 1.807) is 0 Å². The maximum atomic E-state index is 11.4. The molecule has 1 aromatic rings. The molecule has 0 heterocycles. The normalized spacial score (nSPS) is 11.8. The van der Waals surface area contributed by atoms with Crippen molar-refractivity contribution in [2.75, 3.05) is 33.4 Å². The van der Waals surface area contributed by atoms with Crippen molar-refractivity contribution in [2.24, 2.45) is 5.92 Å². The number of methoxy groups -OCH3 is 1. The molecule has 24 heavy (non-hydrogen) atoms. The van der Waals surface area contributed by atoms with Crippen LogP contribution in [0.2, 0.25) is 0 Å². The molecule has 1 rings (SSSR count). The molecule has 0 radical (unpaired) electrons. The Morgan fingerprint density at radius 3 is 2.42 bits per heavy atom. The van der Waals surface area contributed by atoms with Crippen molar-refractivity contribution < 1.29 is 19.0 Å². The highest BCUT2D eigenvalue weighted by atomic mass is 16.5. The highest BCUT2D eigenvalue weighted by Crippen LogP contribution is 2.29. The Kier molecular flexibility index (Phi) is 9.92. The number of benzene rings is 1. The fourth-order valence-corrected chi connectivity index (χ4v) is 2.20. The van der Waals surface area contributed by atoms with Gasteiger partial charge in [0.15, 0.2) is 11.5 Å². The van der Waals surface area contributed by atoms with Crippen LogP contribution >= 0.6 is 0 Å². The minimum atomic E-state index is -0.185. The smallest absolute Gasteiger partial charge is 0.309 e. The lowest BCUT2D eigenvalue weighted by atomic mass is 10.1. The molecule has 0 aliphatic heterocycles. The van der Waals surface area contributed by atoms with Crippen LogP contribution in [0.25, 0.3) is 0 Å². The maximum absolute atomic E-state index is 11.4. The van der Waals surface area contributed by atoms with Crippen molar-refractivity contribution in [2.45, 2.75) is 40.0 Å². The molecule has 1 atom stereocenters. The van der Waals surface area contributed by atoms with Gasteiger partial charge < -0.3 is 19.5 Å². The van der Waals surface area contributed by atoms with Crippen LogP contribution < -0.4 is 14.8 Å². The zero-order valence-corrected chi connectivity index (χ0v) is 15.4. The largest absolute Gasteiger partial charge is 0.490 e. The van der Waals surface area contributed by atoms with E-state index in [4.69, 9.17) is 14.2 Å². The number of carbonyl (C=O) groups excluding carboxylic acids is 1. The van der Waals surface area contributed by atoms with E-state index in [-0.39, 0.29) is 11.9 Å². The summed E-state index contributed by atoms with van der Waals surface area (Å²) in [5, 5.41) is 3.29. The average Bonchev–Trinajstić information content (AvgIpc) is 2.61. The van der Waals surface area contributed by atoms with E-state index in [9.17, 15) is 4.79 Å². The lowest BCUT2D eigenvalue weighted by molar-refractivity contribution is -0.144. The zero-order valence-electron chi connectivity index (χ0n) is 15.4. The van der Waals surface area contributed by atoms with E-state index >= 15 is 0 Å². The Hall–Kier alpha value is -1.75. The molecule has 5 nitrogen and oxygen atoms in total. The molecule has 0 aliphatic rings. The first-order chi connectivity index (χ1) is 11.6. The summed E-state index contributed by atoms with van der Waals surface area (Å²) in [4.78, 5) is 11.4. The second-order valence-electron chi connectivity index (χ2n) is 5.86. The number of carbonyl (C=O) groups is 1. The molecular formula is C19H31NO4. The first-order valence-electron chi connectivity index (χ1n) is 8.79. The predicted octanol–water partition coefficient (Wildman–Crippen LogP) is 3.21. The van der Waals surface area contributed by atoms with Gasteiger partial charge in [0.25, 0.3) is 0 Å². The van der Waals surface area contributed by atoms with Gasteiger partial charge in [-0.15, -0.1) is 0 Å². The van der Waals surface area contributed by atoms with E-state index in [2.05, 4.69) is 25.2 Å². The van der Waals surface area contributed by atoms with Crippen LogP contribution in [0.5, 0.6) is 11.5 Å². The van der Waals surface area contributed by atoms with E-state index < -0.39 is 0 Å². The summed E-state index contributed by atoms with van der Waals surface area (Å²) in [5.74, 6) is 1.30. The van der Waals surface area contributed by atoms with Crippen molar-refractivity contribution >= 4 is 5.97 Å². The van der Waals surface area contributed by atoms with Gasteiger partial charge >= 0.3 is 5.97 Å². The van der Waals surface area contributed by atoms with Crippen molar-refractivity contribution in [3.63, 3.8) is 0 Å². The third kappa shape index (κ3) is 7.21. The highest BCUT2D eigenvalue weighted by molar-refractivity contribution is 5.72. The number of ether oxygens (including phenoxy) is 3. The van der Waals surface area contributed by atoms with E-state index in [1.807, 2.05) is 19.1 Å². The van der Waals surface area contributed by atoms with Crippen LogP contribution in [-0.2, 0) is 16.0 Å². The minimum Gasteiger partial charge on any atom is -0.490 e. The van der Waals surface area contributed by atoms with Gasteiger partial charge in [-0.05, 0) is 43.5 Å². The van der Waals surface area contributed by atoms with Gasteiger partial charge in [0.05, 0.1) is 26.2 Å². The third-order valence-electron chi connectivity index (χ3n) is 3.58. The first-order valence-corrected chi connectivity index (χ1v) is 8.79. The number of hydrogen-bond donors (Lipinski definition) is 1. The Bertz CT molecular complexity index is 490. The van der Waals surface area contributed by atoms with Crippen molar-refractivity contribution in [3.8, 4) is 11.5 Å². The second kappa shape index (κ2) is 11.7. The molecular weight excluding hydrogens is 306 g/mol. The minimum absolute atomic E-state index is 0.136. The topological polar surface area (TPSA) is 56.8 Å². The van der Waals surface area contributed by atoms with Crippen LogP contribution in [0.1, 0.15) is 39.2 Å². The Labute approximate surface area is 145 Å². The summed E-state index contributed by atoms with van der Waals surface area (Å²) in [6, 6.07) is 6.09. The van der Waals surface area contributed by atoms with Crippen LogP contribution in [0.15, 0.2) is 18.2 Å². The number of esters is 1. The van der Waals surface area contributed by atoms with Gasteiger partial charge in [-0.2, -0.15) is 0 Å². The molecule has 0 spiro atoms. The van der Waals surface area contributed by atoms with E-state index in [1.165, 1.54) is 12.7 Å².